The van der Waals surface area contributed by atoms with Crippen LogP contribution in [0.15, 0.2) is 23.1 Å². The molecule has 1 unspecified atom stereocenters. The van der Waals surface area contributed by atoms with E-state index >= 15 is 0 Å². The van der Waals surface area contributed by atoms with Crippen LogP contribution in [0.4, 0.5) is 5.69 Å². The van der Waals surface area contributed by atoms with Gasteiger partial charge in [-0.15, -0.1) is 0 Å². The third-order valence-corrected chi connectivity index (χ3v) is 5.02. The third-order valence-electron chi connectivity index (χ3n) is 3.23. The molecule has 0 radical (unpaired) electrons. The summed E-state index contributed by atoms with van der Waals surface area (Å²) >= 11 is 0. The van der Waals surface area contributed by atoms with Gasteiger partial charge in [0.1, 0.15) is 4.90 Å². The number of rotatable bonds is 5. The average molecular weight is 313 g/mol. The number of nitro benzene ring substituents is 1. The number of amides is 1. The summed E-state index contributed by atoms with van der Waals surface area (Å²) in [6, 6.07) is 3.26. The van der Waals surface area contributed by atoms with Crippen molar-refractivity contribution < 1.29 is 18.1 Å². The number of nitro groups is 1. The lowest BCUT2D eigenvalue weighted by Crippen LogP contribution is -2.36. The van der Waals surface area contributed by atoms with Crippen LogP contribution in [0.2, 0.25) is 0 Å². The van der Waals surface area contributed by atoms with Crippen molar-refractivity contribution in [3.63, 3.8) is 0 Å². The summed E-state index contributed by atoms with van der Waals surface area (Å²) in [6.07, 6.45) is 0. The van der Waals surface area contributed by atoms with E-state index in [2.05, 4.69) is 5.32 Å². The molecule has 1 heterocycles. The van der Waals surface area contributed by atoms with Crippen LogP contribution in [0, 0.1) is 16.0 Å². The highest BCUT2D eigenvalue weighted by atomic mass is 32.2. The first-order valence-electron chi connectivity index (χ1n) is 6.29. The maximum absolute atomic E-state index is 12.4. The average Bonchev–Trinajstić information content (AvgIpc) is 2.60. The van der Waals surface area contributed by atoms with Gasteiger partial charge in [0.25, 0.3) is 21.6 Å². The molecule has 1 aromatic carbocycles. The lowest BCUT2D eigenvalue weighted by molar-refractivity contribution is -0.385. The summed E-state index contributed by atoms with van der Waals surface area (Å²) in [7, 11) is -2.28. The van der Waals surface area contributed by atoms with Crippen molar-refractivity contribution in [2.24, 2.45) is 5.92 Å². The first kappa shape index (κ1) is 15.4. The molecule has 1 atom stereocenters. The van der Waals surface area contributed by atoms with Gasteiger partial charge in [-0.25, -0.2) is 12.7 Å². The Kier molecular flexibility index (Phi) is 3.97. The fraction of sp³-hybridized carbons (Fsp3) is 0.417. The Morgan fingerprint density at radius 3 is 2.67 bits per heavy atom. The Labute approximate surface area is 122 Å². The van der Waals surface area contributed by atoms with Crippen LogP contribution in [-0.2, 0) is 10.0 Å². The Hall–Kier alpha value is -2.00. The Balaban J connectivity index is 2.42. The van der Waals surface area contributed by atoms with E-state index in [-0.39, 0.29) is 28.6 Å². The van der Waals surface area contributed by atoms with E-state index in [0.29, 0.717) is 6.54 Å². The van der Waals surface area contributed by atoms with Crippen LogP contribution < -0.4 is 5.32 Å². The molecular formula is C12H15N3O5S. The number of hydrogen-bond acceptors (Lipinski definition) is 6. The summed E-state index contributed by atoms with van der Waals surface area (Å²) < 4.78 is 25.5. The molecule has 0 saturated heterocycles. The van der Waals surface area contributed by atoms with Crippen LogP contribution in [0.3, 0.4) is 0 Å². The predicted octanol–water partition coefficient (Wildman–Crippen LogP) is 0.595. The molecule has 21 heavy (non-hydrogen) atoms. The molecule has 1 amide bonds. The highest BCUT2D eigenvalue weighted by Crippen LogP contribution is 2.33. The van der Waals surface area contributed by atoms with Crippen molar-refractivity contribution in [3.8, 4) is 0 Å². The largest absolute Gasteiger partial charge is 0.319 e. The van der Waals surface area contributed by atoms with Crippen molar-refractivity contribution in [3.05, 3.63) is 33.9 Å². The molecule has 1 aliphatic heterocycles. The van der Waals surface area contributed by atoms with Gasteiger partial charge in [0.05, 0.1) is 10.5 Å². The SMILES string of the molecule is CNCC(C)CN1C(=O)c2ccc([N+](=O)[O-])cc2S1(=O)=O. The zero-order valence-electron chi connectivity index (χ0n) is 11.6. The first-order chi connectivity index (χ1) is 9.78. The number of benzene rings is 1. The van der Waals surface area contributed by atoms with Gasteiger partial charge in [0.15, 0.2) is 0 Å². The molecule has 114 valence electrons. The first-order valence-corrected chi connectivity index (χ1v) is 7.73. The minimum Gasteiger partial charge on any atom is -0.319 e. The molecule has 0 fully saturated rings. The van der Waals surface area contributed by atoms with E-state index in [9.17, 15) is 23.3 Å². The highest BCUT2D eigenvalue weighted by molar-refractivity contribution is 7.90. The molecular weight excluding hydrogens is 298 g/mol. The molecule has 1 aliphatic rings. The highest BCUT2D eigenvalue weighted by Gasteiger charge is 2.42. The van der Waals surface area contributed by atoms with Gasteiger partial charge >= 0.3 is 0 Å². The van der Waals surface area contributed by atoms with Crippen molar-refractivity contribution >= 4 is 21.6 Å². The van der Waals surface area contributed by atoms with Gasteiger partial charge in [-0.1, -0.05) is 6.92 Å². The van der Waals surface area contributed by atoms with Gasteiger partial charge in [-0.05, 0) is 25.6 Å². The standard InChI is InChI=1S/C12H15N3O5S/c1-8(6-13-2)7-14-12(16)10-4-3-9(15(17)18)5-11(10)21(14,19)20/h3-5,8,13H,6-7H2,1-2H3. The second kappa shape index (κ2) is 5.41. The zero-order chi connectivity index (χ0) is 15.8. The Morgan fingerprint density at radius 2 is 2.10 bits per heavy atom. The minimum atomic E-state index is -4.01. The maximum Gasteiger partial charge on any atom is 0.270 e. The Bertz CT molecular complexity index is 701. The number of carbonyl (C=O) groups excluding carboxylic acids is 1. The number of nitrogens with one attached hydrogen (secondary N) is 1. The molecule has 9 heteroatoms. The molecule has 1 aromatic rings. The Morgan fingerprint density at radius 1 is 1.43 bits per heavy atom. The quantitative estimate of drug-likeness (QED) is 0.629. The molecule has 1 N–H and O–H groups in total. The lowest BCUT2D eigenvalue weighted by Gasteiger charge is -2.19. The fourth-order valence-electron chi connectivity index (χ4n) is 2.25. The molecule has 8 nitrogen and oxygen atoms in total. The summed E-state index contributed by atoms with van der Waals surface area (Å²) in [6.45, 7) is 2.39. The van der Waals surface area contributed by atoms with Crippen molar-refractivity contribution in [2.45, 2.75) is 11.8 Å². The van der Waals surface area contributed by atoms with Gasteiger partial charge in [-0.3, -0.25) is 14.9 Å². The molecule has 0 aliphatic carbocycles. The lowest BCUT2D eigenvalue weighted by atomic mass is 10.1. The van der Waals surface area contributed by atoms with E-state index in [1.807, 2.05) is 6.92 Å². The molecule has 0 bridgehead atoms. The number of fused-ring (bicyclic) bond motifs is 1. The molecule has 0 saturated carbocycles. The fourth-order valence-corrected chi connectivity index (χ4v) is 3.96. The summed E-state index contributed by atoms with van der Waals surface area (Å²) in [5.74, 6) is -0.708. The monoisotopic (exact) mass is 313 g/mol. The molecule has 0 aromatic heterocycles. The summed E-state index contributed by atoms with van der Waals surface area (Å²) in [5.41, 5.74) is -0.368. The second-order valence-electron chi connectivity index (χ2n) is 4.94. The summed E-state index contributed by atoms with van der Waals surface area (Å²) in [5, 5.41) is 13.6. The minimum absolute atomic E-state index is 0.0164. The normalized spacial score (nSPS) is 17.6. The van der Waals surface area contributed by atoms with E-state index in [1.165, 1.54) is 6.07 Å². The predicted molar refractivity (Wildman–Crippen MR) is 74.4 cm³/mol. The summed E-state index contributed by atoms with van der Waals surface area (Å²) in [4.78, 5) is 22.0. The second-order valence-corrected chi connectivity index (χ2v) is 6.77. The van der Waals surface area contributed by atoms with Gasteiger partial charge in [-0.2, -0.15) is 0 Å². The molecule has 0 spiro atoms. The number of non-ortho nitro benzene ring substituents is 1. The van der Waals surface area contributed by atoms with Crippen molar-refractivity contribution in [2.75, 3.05) is 20.1 Å². The maximum atomic E-state index is 12.4. The van der Waals surface area contributed by atoms with E-state index in [4.69, 9.17) is 0 Å². The van der Waals surface area contributed by atoms with Crippen LogP contribution in [0.5, 0.6) is 0 Å². The number of nitrogens with zero attached hydrogens (tertiary/aromatic N) is 2. The number of sulfonamides is 1. The van der Waals surface area contributed by atoms with Gasteiger partial charge < -0.3 is 5.32 Å². The smallest absolute Gasteiger partial charge is 0.270 e. The van der Waals surface area contributed by atoms with Crippen LogP contribution in [0.1, 0.15) is 17.3 Å². The number of hydrogen-bond donors (Lipinski definition) is 1. The van der Waals surface area contributed by atoms with Gasteiger partial charge in [0.2, 0.25) is 0 Å². The van der Waals surface area contributed by atoms with Gasteiger partial charge in [0, 0.05) is 18.7 Å². The van der Waals surface area contributed by atoms with Crippen LogP contribution in [-0.4, -0.2) is 43.7 Å². The van der Waals surface area contributed by atoms with Crippen LogP contribution in [0.25, 0.3) is 0 Å². The van der Waals surface area contributed by atoms with E-state index in [0.717, 1.165) is 16.4 Å². The zero-order valence-corrected chi connectivity index (χ0v) is 12.4. The van der Waals surface area contributed by atoms with Crippen LogP contribution >= 0.6 is 0 Å². The van der Waals surface area contributed by atoms with Crippen molar-refractivity contribution in [1.82, 2.24) is 9.62 Å². The van der Waals surface area contributed by atoms with E-state index in [1.54, 1.807) is 7.05 Å². The number of carbonyl (C=O) groups is 1. The molecule has 2 rings (SSSR count). The topological polar surface area (TPSA) is 110 Å². The third kappa shape index (κ3) is 2.61. The van der Waals surface area contributed by atoms with Crippen molar-refractivity contribution in [1.29, 1.82) is 0 Å². The van der Waals surface area contributed by atoms with E-state index < -0.39 is 20.9 Å².